The monoisotopic (exact) mass is 217 g/mol. The Kier molecular flexibility index (Phi) is 6.70. The summed E-state index contributed by atoms with van der Waals surface area (Å²) in [6.07, 6.45) is 0.209. The number of methoxy groups -OCH3 is 1. The molecule has 5 nitrogen and oxygen atoms in total. The lowest BCUT2D eigenvalue weighted by molar-refractivity contribution is -0.150. The molecule has 0 aliphatic carbocycles. The molecule has 0 saturated heterocycles. The van der Waals surface area contributed by atoms with Crippen molar-refractivity contribution in [3.63, 3.8) is 0 Å². The molecule has 0 fully saturated rings. The van der Waals surface area contributed by atoms with Crippen molar-refractivity contribution >= 4 is 11.9 Å². The van der Waals surface area contributed by atoms with Crippen LogP contribution in [0.1, 0.15) is 26.7 Å². The molecule has 0 aliphatic heterocycles. The molecular weight excluding hydrogens is 198 g/mol. The molecule has 0 aliphatic rings. The van der Waals surface area contributed by atoms with Crippen LogP contribution in [0.25, 0.3) is 0 Å². The highest BCUT2D eigenvalue weighted by Gasteiger charge is 2.19. The summed E-state index contributed by atoms with van der Waals surface area (Å²) in [5, 5.41) is 11.7. The Balaban J connectivity index is 3.94. The van der Waals surface area contributed by atoms with E-state index in [-0.39, 0.29) is 18.4 Å². The molecule has 0 aromatic heterocycles. The Labute approximate surface area is 89.8 Å². The lowest BCUT2D eigenvalue weighted by Crippen LogP contribution is -2.39. The van der Waals surface area contributed by atoms with E-state index >= 15 is 0 Å². The number of nitrogens with one attached hydrogen (secondary N) is 1. The summed E-state index contributed by atoms with van der Waals surface area (Å²) in [6.45, 7) is 3.75. The zero-order valence-corrected chi connectivity index (χ0v) is 9.45. The highest BCUT2D eigenvalue weighted by Crippen LogP contribution is 2.06. The van der Waals surface area contributed by atoms with Crippen molar-refractivity contribution < 1.29 is 19.4 Å². The van der Waals surface area contributed by atoms with Crippen LogP contribution in [0.4, 0.5) is 0 Å². The summed E-state index contributed by atoms with van der Waals surface area (Å²) in [5.41, 5.74) is 0. The smallest absolute Gasteiger partial charge is 0.336 e. The number of esters is 1. The molecule has 1 amide bonds. The van der Waals surface area contributed by atoms with Crippen molar-refractivity contribution in [3.05, 3.63) is 0 Å². The maximum Gasteiger partial charge on any atom is 0.336 e. The van der Waals surface area contributed by atoms with Crippen molar-refractivity contribution in [3.8, 4) is 0 Å². The van der Waals surface area contributed by atoms with E-state index in [1.54, 1.807) is 0 Å². The van der Waals surface area contributed by atoms with Crippen LogP contribution in [0.5, 0.6) is 0 Å². The molecule has 0 saturated carbocycles. The van der Waals surface area contributed by atoms with Crippen LogP contribution < -0.4 is 5.32 Å². The van der Waals surface area contributed by atoms with Crippen LogP contribution in [0, 0.1) is 5.92 Å². The average molecular weight is 217 g/mol. The number of hydrogen-bond donors (Lipinski definition) is 2. The Bertz CT molecular complexity index is 213. The van der Waals surface area contributed by atoms with Crippen LogP contribution in [0.15, 0.2) is 0 Å². The molecule has 0 radical (unpaired) electrons. The quantitative estimate of drug-likeness (QED) is 0.617. The topological polar surface area (TPSA) is 75.6 Å². The summed E-state index contributed by atoms with van der Waals surface area (Å²) in [5.74, 6) is -0.933. The fraction of sp³-hybridized carbons (Fsp3) is 0.800. The van der Waals surface area contributed by atoms with Gasteiger partial charge in [0, 0.05) is 5.92 Å². The van der Waals surface area contributed by atoms with E-state index in [1.807, 2.05) is 13.8 Å². The molecule has 0 aromatic rings. The minimum Gasteiger partial charge on any atom is -0.467 e. The largest absolute Gasteiger partial charge is 0.467 e. The number of aliphatic hydroxyl groups is 1. The van der Waals surface area contributed by atoms with Crippen LogP contribution in [0.3, 0.4) is 0 Å². The molecule has 15 heavy (non-hydrogen) atoms. The average Bonchev–Trinajstić information content (AvgIpc) is 2.26. The molecule has 88 valence electrons. The van der Waals surface area contributed by atoms with Gasteiger partial charge in [-0.15, -0.1) is 0 Å². The predicted molar refractivity (Wildman–Crippen MR) is 55.1 cm³/mol. The van der Waals surface area contributed by atoms with E-state index in [2.05, 4.69) is 10.1 Å². The first-order valence-corrected chi connectivity index (χ1v) is 5.10. The number of aliphatic hydroxyl groups excluding tert-OH is 1. The van der Waals surface area contributed by atoms with Gasteiger partial charge < -0.3 is 15.2 Å². The van der Waals surface area contributed by atoms with E-state index < -0.39 is 12.1 Å². The summed E-state index contributed by atoms with van der Waals surface area (Å²) in [6, 6.07) is 0. The minimum atomic E-state index is -1.28. The van der Waals surface area contributed by atoms with Crippen molar-refractivity contribution in [2.45, 2.75) is 32.8 Å². The second kappa shape index (κ2) is 7.23. The molecule has 2 N–H and O–H groups in total. The Morgan fingerprint density at radius 1 is 1.33 bits per heavy atom. The van der Waals surface area contributed by atoms with Gasteiger partial charge >= 0.3 is 5.97 Å². The van der Waals surface area contributed by atoms with Crippen LogP contribution in [0.2, 0.25) is 0 Å². The van der Waals surface area contributed by atoms with Crippen molar-refractivity contribution in [1.29, 1.82) is 0 Å². The molecule has 0 bridgehead atoms. The van der Waals surface area contributed by atoms with Gasteiger partial charge in [0.25, 0.3) is 0 Å². The molecule has 1 unspecified atom stereocenters. The summed E-state index contributed by atoms with van der Waals surface area (Å²) >= 11 is 0. The van der Waals surface area contributed by atoms with Gasteiger partial charge in [-0.05, 0) is 12.8 Å². The van der Waals surface area contributed by atoms with Gasteiger partial charge in [0.05, 0.1) is 13.7 Å². The standard InChI is InChI=1S/C10H19NO4/c1-4-7(5-2)9(13)11-6-8(12)10(14)15-3/h7-8,12H,4-6H2,1-3H3,(H,11,13). The van der Waals surface area contributed by atoms with E-state index in [1.165, 1.54) is 7.11 Å². The zero-order chi connectivity index (χ0) is 11.8. The molecule has 0 aromatic carbocycles. The van der Waals surface area contributed by atoms with Crippen molar-refractivity contribution in [1.82, 2.24) is 5.32 Å². The highest BCUT2D eigenvalue weighted by atomic mass is 16.5. The van der Waals surface area contributed by atoms with Gasteiger partial charge in [-0.3, -0.25) is 4.79 Å². The van der Waals surface area contributed by atoms with Crippen LogP contribution in [-0.4, -0.2) is 36.7 Å². The van der Waals surface area contributed by atoms with E-state index in [9.17, 15) is 14.7 Å². The predicted octanol–water partition coefficient (Wildman–Crippen LogP) is 0.0727. The second-order valence-corrected chi connectivity index (χ2v) is 3.30. The first-order chi connectivity index (χ1) is 7.06. The van der Waals surface area contributed by atoms with Gasteiger partial charge in [0.15, 0.2) is 6.10 Å². The van der Waals surface area contributed by atoms with Crippen LogP contribution in [-0.2, 0) is 14.3 Å². The third-order valence-corrected chi connectivity index (χ3v) is 2.30. The number of carbonyl (C=O) groups is 2. The van der Waals surface area contributed by atoms with Crippen LogP contribution >= 0.6 is 0 Å². The van der Waals surface area contributed by atoms with E-state index in [4.69, 9.17) is 0 Å². The Hall–Kier alpha value is -1.10. The van der Waals surface area contributed by atoms with E-state index in [0.29, 0.717) is 0 Å². The highest BCUT2D eigenvalue weighted by molar-refractivity contribution is 5.80. The molecule has 1 atom stereocenters. The van der Waals surface area contributed by atoms with Crippen molar-refractivity contribution in [2.75, 3.05) is 13.7 Å². The maximum absolute atomic E-state index is 11.4. The SMILES string of the molecule is CCC(CC)C(=O)NCC(O)C(=O)OC. The fourth-order valence-corrected chi connectivity index (χ4v) is 1.22. The maximum atomic E-state index is 11.4. The van der Waals surface area contributed by atoms with Gasteiger partial charge in [-0.2, -0.15) is 0 Å². The summed E-state index contributed by atoms with van der Waals surface area (Å²) in [4.78, 5) is 22.3. The molecule has 0 spiro atoms. The fourth-order valence-electron chi connectivity index (χ4n) is 1.22. The normalized spacial score (nSPS) is 12.3. The Morgan fingerprint density at radius 2 is 1.87 bits per heavy atom. The van der Waals surface area contributed by atoms with Gasteiger partial charge in [-0.25, -0.2) is 4.79 Å². The molecule has 0 rings (SSSR count). The van der Waals surface area contributed by atoms with Gasteiger partial charge in [0.2, 0.25) is 5.91 Å². The summed E-state index contributed by atoms with van der Waals surface area (Å²) < 4.78 is 4.32. The number of rotatable bonds is 6. The van der Waals surface area contributed by atoms with E-state index in [0.717, 1.165) is 12.8 Å². The summed E-state index contributed by atoms with van der Waals surface area (Å²) in [7, 11) is 1.19. The first-order valence-electron chi connectivity index (χ1n) is 5.10. The van der Waals surface area contributed by atoms with Gasteiger partial charge in [0.1, 0.15) is 0 Å². The first kappa shape index (κ1) is 13.9. The number of carbonyl (C=O) groups excluding carboxylic acids is 2. The lowest BCUT2D eigenvalue weighted by Gasteiger charge is -2.14. The lowest BCUT2D eigenvalue weighted by atomic mass is 10.0. The van der Waals surface area contributed by atoms with Crippen molar-refractivity contribution in [2.24, 2.45) is 5.92 Å². The molecular formula is C10H19NO4. The number of amides is 1. The molecule has 5 heteroatoms. The third-order valence-electron chi connectivity index (χ3n) is 2.30. The molecule has 0 heterocycles. The Morgan fingerprint density at radius 3 is 2.27 bits per heavy atom. The van der Waals surface area contributed by atoms with Gasteiger partial charge in [-0.1, -0.05) is 13.8 Å². The number of ether oxygens (including phenoxy) is 1. The third kappa shape index (κ3) is 4.78. The minimum absolute atomic E-state index is 0.0603. The zero-order valence-electron chi connectivity index (χ0n) is 9.45. The number of hydrogen-bond acceptors (Lipinski definition) is 4. The second-order valence-electron chi connectivity index (χ2n) is 3.30.